The monoisotopic (exact) mass is 144 g/mol. The fourth-order valence-corrected chi connectivity index (χ4v) is 0.915. The van der Waals surface area contributed by atoms with Gasteiger partial charge in [-0.05, 0) is 6.07 Å². The maximum Gasteiger partial charge on any atom is 0.185 e. The van der Waals surface area contributed by atoms with Gasteiger partial charge >= 0.3 is 0 Å². The molecule has 0 bridgehead atoms. The molecule has 0 aromatic carbocycles. The minimum atomic E-state index is 0.366. The molecule has 2 aromatic rings. The first-order valence-electron chi connectivity index (χ1n) is 3.09. The predicted octanol–water partition coefficient (Wildman–Crippen LogP) is 0.601. The summed E-state index contributed by atoms with van der Waals surface area (Å²) in [7, 11) is 0. The van der Waals surface area contributed by atoms with Crippen LogP contribution in [0.15, 0.2) is 24.8 Å². The van der Waals surface area contributed by atoms with Gasteiger partial charge in [-0.2, -0.15) is 5.26 Å². The smallest absolute Gasteiger partial charge is 0.185 e. The van der Waals surface area contributed by atoms with E-state index in [4.69, 9.17) is 5.26 Å². The van der Waals surface area contributed by atoms with Gasteiger partial charge < -0.3 is 0 Å². The van der Waals surface area contributed by atoms with Gasteiger partial charge in [-0.15, -0.1) is 0 Å². The highest BCUT2D eigenvalue weighted by Gasteiger charge is 2.01. The highest BCUT2D eigenvalue weighted by atomic mass is 15.0. The average molecular weight is 144 g/mol. The second kappa shape index (κ2) is 2.06. The highest BCUT2D eigenvalue weighted by molar-refractivity contribution is 5.50. The molecule has 0 aliphatic heterocycles. The first-order chi connectivity index (χ1) is 5.42. The predicted molar refractivity (Wildman–Crippen MR) is 37.7 cm³/mol. The number of nitriles is 1. The third kappa shape index (κ3) is 0.749. The molecule has 0 atom stereocenters. The minimum absolute atomic E-state index is 0.366. The third-order valence-corrected chi connectivity index (χ3v) is 1.40. The Labute approximate surface area is 62.7 Å². The molecule has 0 unspecified atom stereocenters. The number of imidazole rings is 1. The molecular formula is C7H4N4. The lowest BCUT2D eigenvalue weighted by atomic mass is 10.5. The fourth-order valence-electron chi connectivity index (χ4n) is 0.915. The van der Waals surface area contributed by atoms with Crippen molar-refractivity contribution >= 4 is 5.65 Å². The van der Waals surface area contributed by atoms with Crippen LogP contribution in [0, 0.1) is 11.3 Å². The number of hydrogen-bond acceptors (Lipinski definition) is 3. The normalized spacial score (nSPS) is 9.73. The van der Waals surface area contributed by atoms with Gasteiger partial charge in [-0.3, -0.25) is 4.40 Å². The first-order valence-corrected chi connectivity index (χ1v) is 3.09. The number of fused-ring (bicyclic) bond motifs is 1. The molecule has 2 rings (SSSR count). The van der Waals surface area contributed by atoms with Gasteiger partial charge in [0, 0.05) is 12.4 Å². The molecule has 0 amide bonds. The lowest BCUT2D eigenvalue weighted by Gasteiger charge is -1.87. The maximum atomic E-state index is 8.56. The Morgan fingerprint density at radius 3 is 3.18 bits per heavy atom. The Kier molecular flexibility index (Phi) is 1.10. The van der Waals surface area contributed by atoms with Crippen LogP contribution in [0.1, 0.15) is 5.69 Å². The zero-order valence-electron chi connectivity index (χ0n) is 5.60. The lowest BCUT2D eigenvalue weighted by Crippen LogP contribution is -1.84. The molecule has 0 aliphatic carbocycles. The molecule has 0 aliphatic rings. The van der Waals surface area contributed by atoms with E-state index in [0.29, 0.717) is 11.3 Å². The zero-order chi connectivity index (χ0) is 7.68. The molecule has 0 radical (unpaired) electrons. The standard InChI is InChI=1S/C7H4N4/c8-4-6-7-9-2-1-3-11(7)5-10-6/h1-3,5H. The van der Waals surface area contributed by atoms with Crippen molar-refractivity contribution in [3.8, 4) is 6.07 Å². The number of rotatable bonds is 0. The van der Waals surface area contributed by atoms with Gasteiger partial charge in [0.2, 0.25) is 0 Å². The second-order valence-corrected chi connectivity index (χ2v) is 2.06. The van der Waals surface area contributed by atoms with Crippen LogP contribution in [0.25, 0.3) is 5.65 Å². The molecule has 2 heterocycles. The van der Waals surface area contributed by atoms with Crippen molar-refractivity contribution in [1.82, 2.24) is 14.4 Å². The van der Waals surface area contributed by atoms with E-state index >= 15 is 0 Å². The molecule has 4 nitrogen and oxygen atoms in total. The van der Waals surface area contributed by atoms with Crippen molar-refractivity contribution in [2.45, 2.75) is 0 Å². The number of hydrogen-bond donors (Lipinski definition) is 0. The fraction of sp³-hybridized carbons (Fsp3) is 0. The Morgan fingerprint density at radius 1 is 1.45 bits per heavy atom. The van der Waals surface area contributed by atoms with Crippen LogP contribution in [-0.4, -0.2) is 14.4 Å². The van der Waals surface area contributed by atoms with E-state index < -0.39 is 0 Å². The van der Waals surface area contributed by atoms with E-state index in [9.17, 15) is 0 Å². The van der Waals surface area contributed by atoms with Gasteiger partial charge in [0.05, 0.1) is 0 Å². The van der Waals surface area contributed by atoms with Crippen LogP contribution in [0.3, 0.4) is 0 Å². The van der Waals surface area contributed by atoms with Crippen molar-refractivity contribution in [1.29, 1.82) is 5.26 Å². The summed E-state index contributed by atoms with van der Waals surface area (Å²) >= 11 is 0. The Morgan fingerprint density at radius 2 is 2.36 bits per heavy atom. The number of nitrogens with zero attached hydrogens (tertiary/aromatic N) is 4. The van der Waals surface area contributed by atoms with Gasteiger partial charge in [-0.25, -0.2) is 9.97 Å². The summed E-state index contributed by atoms with van der Waals surface area (Å²) < 4.78 is 1.71. The SMILES string of the molecule is N#Cc1ncn2cccnc12. The topological polar surface area (TPSA) is 54.0 Å². The van der Waals surface area contributed by atoms with Crippen molar-refractivity contribution in [2.75, 3.05) is 0 Å². The van der Waals surface area contributed by atoms with Gasteiger partial charge in [0.1, 0.15) is 12.4 Å². The van der Waals surface area contributed by atoms with Crippen molar-refractivity contribution in [2.24, 2.45) is 0 Å². The van der Waals surface area contributed by atoms with Crippen LogP contribution in [0.4, 0.5) is 0 Å². The Hall–Kier alpha value is -1.89. The van der Waals surface area contributed by atoms with E-state index in [-0.39, 0.29) is 0 Å². The molecule has 0 spiro atoms. The van der Waals surface area contributed by atoms with Crippen molar-refractivity contribution in [3.63, 3.8) is 0 Å². The lowest BCUT2D eigenvalue weighted by molar-refractivity contribution is 1.11. The molecule has 0 N–H and O–H groups in total. The number of aromatic nitrogens is 3. The zero-order valence-corrected chi connectivity index (χ0v) is 5.60. The molecule has 4 heteroatoms. The molecule has 0 fully saturated rings. The van der Waals surface area contributed by atoms with Crippen LogP contribution < -0.4 is 0 Å². The van der Waals surface area contributed by atoms with Crippen LogP contribution in [0.5, 0.6) is 0 Å². The van der Waals surface area contributed by atoms with E-state index in [1.807, 2.05) is 6.07 Å². The Balaban J connectivity index is 2.89. The molecule has 11 heavy (non-hydrogen) atoms. The molecular weight excluding hydrogens is 140 g/mol. The molecule has 2 aromatic heterocycles. The summed E-state index contributed by atoms with van der Waals surface area (Å²) in [6.07, 6.45) is 5.01. The van der Waals surface area contributed by atoms with Gasteiger partial charge in [0.15, 0.2) is 11.3 Å². The average Bonchev–Trinajstić information content (AvgIpc) is 2.47. The summed E-state index contributed by atoms with van der Waals surface area (Å²) in [5, 5.41) is 8.56. The van der Waals surface area contributed by atoms with Crippen LogP contribution in [-0.2, 0) is 0 Å². The summed E-state index contributed by atoms with van der Waals surface area (Å²) in [6.45, 7) is 0. The van der Waals surface area contributed by atoms with Crippen LogP contribution in [0.2, 0.25) is 0 Å². The summed E-state index contributed by atoms with van der Waals surface area (Å²) in [5.74, 6) is 0. The largest absolute Gasteiger partial charge is 0.290 e. The highest BCUT2D eigenvalue weighted by Crippen LogP contribution is 2.02. The third-order valence-electron chi connectivity index (χ3n) is 1.40. The van der Waals surface area contributed by atoms with Gasteiger partial charge in [-0.1, -0.05) is 0 Å². The van der Waals surface area contributed by atoms with E-state index in [2.05, 4.69) is 9.97 Å². The summed E-state index contributed by atoms with van der Waals surface area (Å²) in [5.41, 5.74) is 0.973. The first kappa shape index (κ1) is 5.86. The van der Waals surface area contributed by atoms with Crippen LogP contribution >= 0.6 is 0 Å². The summed E-state index contributed by atoms with van der Waals surface area (Å²) in [6, 6.07) is 3.74. The molecule has 52 valence electrons. The maximum absolute atomic E-state index is 8.56. The quantitative estimate of drug-likeness (QED) is 0.544. The van der Waals surface area contributed by atoms with E-state index in [1.54, 1.807) is 29.2 Å². The van der Waals surface area contributed by atoms with Crippen molar-refractivity contribution < 1.29 is 0 Å². The second-order valence-electron chi connectivity index (χ2n) is 2.06. The summed E-state index contributed by atoms with van der Waals surface area (Å²) in [4.78, 5) is 7.84. The van der Waals surface area contributed by atoms with Crippen molar-refractivity contribution in [3.05, 3.63) is 30.5 Å². The molecule has 0 saturated carbocycles. The van der Waals surface area contributed by atoms with E-state index in [0.717, 1.165) is 0 Å². The Bertz CT molecular complexity index is 423. The van der Waals surface area contributed by atoms with Gasteiger partial charge in [0.25, 0.3) is 0 Å². The molecule has 0 saturated heterocycles. The minimum Gasteiger partial charge on any atom is -0.290 e. The van der Waals surface area contributed by atoms with E-state index in [1.165, 1.54) is 0 Å².